The third-order valence-electron chi connectivity index (χ3n) is 3.86. The van der Waals surface area contributed by atoms with E-state index in [2.05, 4.69) is 9.97 Å². The van der Waals surface area contributed by atoms with E-state index in [1.807, 2.05) is 27.8 Å². The number of nitrogens with zero attached hydrogens (tertiary/aromatic N) is 4. The largest absolute Gasteiger partial charge is 0.331 e. The summed E-state index contributed by atoms with van der Waals surface area (Å²) in [4.78, 5) is 32.7. The van der Waals surface area contributed by atoms with Crippen molar-refractivity contribution in [3.63, 3.8) is 0 Å². The van der Waals surface area contributed by atoms with Crippen LogP contribution in [0.25, 0.3) is 0 Å². The Bertz CT molecular complexity index is 697. The predicted molar refractivity (Wildman–Crippen MR) is 82.8 cm³/mol. The summed E-state index contributed by atoms with van der Waals surface area (Å²) in [6.07, 6.45) is 5.42. The molecule has 0 bridgehead atoms. The minimum Gasteiger partial charge on any atom is -0.331 e. The second kappa shape index (κ2) is 6.25. The Morgan fingerprint density at radius 1 is 1.14 bits per heavy atom. The highest BCUT2D eigenvalue weighted by atomic mass is 16.1. The molecule has 22 heavy (non-hydrogen) atoms. The van der Waals surface area contributed by atoms with E-state index in [4.69, 9.17) is 0 Å². The monoisotopic (exact) mass is 302 g/mol. The SMILES string of the molecule is CC(C)C(=O)c1ncc(CC(C)C(=O)c2cncn2C)n1C. The molecule has 0 saturated carbocycles. The molecule has 1 unspecified atom stereocenters. The molecule has 0 radical (unpaired) electrons. The van der Waals surface area contributed by atoms with Crippen LogP contribution in [0.3, 0.4) is 0 Å². The van der Waals surface area contributed by atoms with Gasteiger partial charge in [-0.3, -0.25) is 9.59 Å². The summed E-state index contributed by atoms with van der Waals surface area (Å²) in [7, 11) is 3.62. The highest BCUT2D eigenvalue weighted by Gasteiger charge is 2.22. The Morgan fingerprint density at radius 3 is 2.36 bits per heavy atom. The van der Waals surface area contributed by atoms with Crippen LogP contribution in [-0.4, -0.2) is 30.7 Å². The fourth-order valence-electron chi connectivity index (χ4n) is 2.38. The Morgan fingerprint density at radius 2 is 1.82 bits per heavy atom. The first-order chi connectivity index (χ1) is 10.3. The zero-order chi connectivity index (χ0) is 16.4. The molecule has 118 valence electrons. The predicted octanol–water partition coefficient (Wildman–Crippen LogP) is 2.05. The van der Waals surface area contributed by atoms with Crippen molar-refractivity contribution in [2.24, 2.45) is 25.9 Å². The van der Waals surface area contributed by atoms with Crippen molar-refractivity contribution in [1.82, 2.24) is 19.1 Å². The Balaban J connectivity index is 2.16. The first-order valence-corrected chi connectivity index (χ1v) is 7.38. The molecule has 2 aromatic rings. The average Bonchev–Trinajstić information content (AvgIpc) is 3.04. The number of rotatable bonds is 6. The van der Waals surface area contributed by atoms with Crippen LogP contribution in [0.5, 0.6) is 0 Å². The van der Waals surface area contributed by atoms with Crippen molar-refractivity contribution < 1.29 is 9.59 Å². The van der Waals surface area contributed by atoms with Gasteiger partial charge >= 0.3 is 0 Å². The van der Waals surface area contributed by atoms with Crippen molar-refractivity contribution in [3.05, 3.63) is 35.9 Å². The molecule has 0 aliphatic rings. The molecule has 2 rings (SSSR count). The van der Waals surface area contributed by atoms with Crippen LogP contribution in [0.2, 0.25) is 0 Å². The maximum Gasteiger partial charge on any atom is 0.200 e. The van der Waals surface area contributed by atoms with Gasteiger partial charge in [0.05, 0.1) is 12.5 Å². The van der Waals surface area contributed by atoms with Gasteiger partial charge in [0.1, 0.15) is 5.69 Å². The third kappa shape index (κ3) is 3.00. The summed E-state index contributed by atoms with van der Waals surface area (Å²) in [5.41, 5.74) is 1.47. The van der Waals surface area contributed by atoms with E-state index in [-0.39, 0.29) is 23.4 Å². The smallest absolute Gasteiger partial charge is 0.200 e. The maximum absolute atomic E-state index is 12.4. The van der Waals surface area contributed by atoms with E-state index in [1.54, 1.807) is 34.9 Å². The fraction of sp³-hybridized carbons (Fsp3) is 0.500. The van der Waals surface area contributed by atoms with Crippen molar-refractivity contribution in [1.29, 1.82) is 0 Å². The molecular formula is C16H22N4O2. The third-order valence-corrected chi connectivity index (χ3v) is 3.86. The van der Waals surface area contributed by atoms with Gasteiger partial charge in [0, 0.05) is 37.8 Å². The molecule has 0 aliphatic heterocycles. The van der Waals surface area contributed by atoms with Crippen LogP contribution in [0, 0.1) is 11.8 Å². The highest BCUT2D eigenvalue weighted by Crippen LogP contribution is 2.16. The van der Waals surface area contributed by atoms with Crippen molar-refractivity contribution in [2.75, 3.05) is 0 Å². The number of imidazole rings is 2. The number of Topliss-reactive ketones (excluding diaryl/α,β-unsaturated/α-hetero) is 2. The van der Waals surface area contributed by atoms with Gasteiger partial charge < -0.3 is 9.13 Å². The number of hydrogen-bond donors (Lipinski definition) is 0. The molecular weight excluding hydrogens is 280 g/mol. The normalized spacial score (nSPS) is 12.6. The molecule has 0 amide bonds. The van der Waals surface area contributed by atoms with Crippen LogP contribution in [0.1, 0.15) is 47.6 Å². The molecule has 0 aliphatic carbocycles. The topological polar surface area (TPSA) is 69.8 Å². The van der Waals surface area contributed by atoms with E-state index in [0.717, 1.165) is 5.69 Å². The van der Waals surface area contributed by atoms with Gasteiger partial charge in [-0.2, -0.15) is 0 Å². The van der Waals surface area contributed by atoms with E-state index in [1.165, 1.54) is 0 Å². The van der Waals surface area contributed by atoms with Crippen LogP contribution >= 0.6 is 0 Å². The van der Waals surface area contributed by atoms with Gasteiger partial charge in [0.25, 0.3) is 0 Å². The van der Waals surface area contributed by atoms with Gasteiger partial charge in [0.2, 0.25) is 5.78 Å². The van der Waals surface area contributed by atoms with Gasteiger partial charge in [0.15, 0.2) is 11.6 Å². The Labute approximate surface area is 130 Å². The van der Waals surface area contributed by atoms with Crippen LogP contribution in [0.15, 0.2) is 18.7 Å². The molecule has 0 spiro atoms. The van der Waals surface area contributed by atoms with Gasteiger partial charge in [-0.1, -0.05) is 20.8 Å². The summed E-state index contributed by atoms with van der Waals surface area (Å²) in [6.45, 7) is 5.59. The lowest BCUT2D eigenvalue weighted by Crippen LogP contribution is -2.19. The molecule has 0 saturated heterocycles. The maximum atomic E-state index is 12.4. The number of hydrogen-bond acceptors (Lipinski definition) is 4. The molecule has 0 aromatic carbocycles. The number of aryl methyl sites for hydroxylation is 1. The van der Waals surface area contributed by atoms with E-state index in [9.17, 15) is 9.59 Å². The zero-order valence-corrected chi connectivity index (χ0v) is 13.7. The first kappa shape index (κ1) is 16.1. The number of carbonyl (C=O) groups is 2. The van der Waals surface area contributed by atoms with E-state index in [0.29, 0.717) is 17.9 Å². The Hall–Kier alpha value is -2.24. The molecule has 0 N–H and O–H groups in total. The summed E-state index contributed by atoms with van der Waals surface area (Å²) >= 11 is 0. The van der Waals surface area contributed by atoms with Crippen LogP contribution in [-0.2, 0) is 20.5 Å². The molecule has 1 atom stereocenters. The van der Waals surface area contributed by atoms with Crippen molar-refractivity contribution >= 4 is 11.6 Å². The molecule has 2 aromatic heterocycles. The zero-order valence-electron chi connectivity index (χ0n) is 13.7. The second-order valence-electron chi connectivity index (χ2n) is 6.01. The first-order valence-electron chi connectivity index (χ1n) is 7.38. The van der Waals surface area contributed by atoms with Crippen molar-refractivity contribution in [3.8, 4) is 0 Å². The average molecular weight is 302 g/mol. The minimum absolute atomic E-state index is 0.0133. The quantitative estimate of drug-likeness (QED) is 0.766. The lowest BCUT2D eigenvalue weighted by Gasteiger charge is -2.12. The highest BCUT2D eigenvalue weighted by molar-refractivity contribution is 5.96. The Kier molecular flexibility index (Phi) is 4.59. The van der Waals surface area contributed by atoms with Crippen LogP contribution < -0.4 is 0 Å². The lowest BCUT2D eigenvalue weighted by atomic mass is 9.98. The summed E-state index contributed by atoms with van der Waals surface area (Å²) in [5.74, 6) is 0.206. The summed E-state index contributed by atoms with van der Waals surface area (Å²) in [6, 6.07) is 0. The molecule has 0 fully saturated rings. The molecule has 6 heteroatoms. The summed E-state index contributed by atoms with van der Waals surface area (Å²) < 4.78 is 3.51. The van der Waals surface area contributed by atoms with Crippen molar-refractivity contribution in [2.45, 2.75) is 27.2 Å². The molecule has 2 heterocycles. The lowest BCUT2D eigenvalue weighted by molar-refractivity contribution is 0.0919. The van der Waals surface area contributed by atoms with Gasteiger partial charge in [-0.15, -0.1) is 0 Å². The second-order valence-corrected chi connectivity index (χ2v) is 6.01. The number of aromatic nitrogens is 4. The van der Waals surface area contributed by atoms with Gasteiger partial charge in [-0.05, 0) is 6.42 Å². The van der Waals surface area contributed by atoms with Gasteiger partial charge in [-0.25, -0.2) is 9.97 Å². The van der Waals surface area contributed by atoms with E-state index < -0.39 is 0 Å². The van der Waals surface area contributed by atoms with E-state index >= 15 is 0 Å². The minimum atomic E-state index is -0.201. The summed E-state index contributed by atoms with van der Waals surface area (Å²) in [5, 5.41) is 0. The number of carbonyl (C=O) groups excluding carboxylic acids is 2. The fourth-order valence-corrected chi connectivity index (χ4v) is 2.38. The van der Waals surface area contributed by atoms with Crippen LogP contribution in [0.4, 0.5) is 0 Å². The standard InChI is InChI=1S/C16H22N4O2/c1-10(2)14(21)16-18-7-12(20(16)5)6-11(3)15(22)13-8-17-9-19(13)4/h7-11H,6H2,1-5H3. The number of ketones is 2. The molecule has 6 nitrogen and oxygen atoms in total.